The molecular formula is C25H31N7O4. The number of carbonyl (C=O) groups excluding carboxylic acids is 2. The molecule has 1 aromatic heterocycles. The van der Waals surface area contributed by atoms with Crippen LogP contribution in [-0.4, -0.2) is 71.4 Å². The van der Waals surface area contributed by atoms with E-state index in [1.165, 1.54) is 6.92 Å². The number of carbonyl (C=O) groups is 2. The molecule has 2 aromatic carbocycles. The SMILES string of the molecule is COc1cccc(C[C@@H](NC(C)=O)C(=O)NC2CCN(c3nnnn3-c3ccccc3)CC2)c1OC. The largest absolute Gasteiger partial charge is 0.493 e. The number of benzene rings is 2. The minimum atomic E-state index is -0.744. The van der Waals surface area contributed by atoms with Crippen LogP contribution >= 0.6 is 0 Å². The number of amides is 2. The van der Waals surface area contributed by atoms with Crippen LogP contribution in [0, 0.1) is 0 Å². The van der Waals surface area contributed by atoms with Crippen molar-refractivity contribution in [3.8, 4) is 17.2 Å². The van der Waals surface area contributed by atoms with Gasteiger partial charge in [-0.25, -0.2) is 0 Å². The van der Waals surface area contributed by atoms with Gasteiger partial charge in [-0.05, 0) is 41.5 Å². The Morgan fingerprint density at radius 2 is 1.81 bits per heavy atom. The molecule has 1 aliphatic heterocycles. The number of hydrogen-bond acceptors (Lipinski definition) is 8. The van der Waals surface area contributed by atoms with E-state index in [1.807, 2.05) is 42.5 Å². The van der Waals surface area contributed by atoms with Crippen molar-refractivity contribution in [3.05, 3.63) is 54.1 Å². The second-order valence-electron chi connectivity index (χ2n) is 8.61. The standard InChI is InChI=1S/C25H31N7O4/c1-17(33)26-21(16-18-8-7-11-22(35-2)23(18)36-3)24(34)27-19-12-14-31(15-13-19)25-28-29-30-32(25)20-9-5-4-6-10-20/h4-11,19,21H,12-16H2,1-3H3,(H,26,33)(H,27,34)/t21-/m1/s1. The van der Waals surface area contributed by atoms with Gasteiger partial charge in [0, 0.05) is 38.0 Å². The Hall–Kier alpha value is -4.15. The Kier molecular flexibility index (Phi) is 7.99. The van der Waals surface area contributed by atoms with E-state index in [9.17, 15) is 9.59 Å². The number of para-hydroxylation sites is 2. The summed E-state index contributed by atoms with van der Waals surface area (Å²) in [6, 6.07) is 14.4. The van der Waals surface area contributed by atoms with Crippen LogP contribution < -0.4 is 25.0 Å². The zero-order chi connectivity index (χ0) is 25.5. The number of tetrazole rings is 1. The number of anilines is 1. The van der Waals surface area contributed by atoms with Crippen LogP contribution in [0.5, 0.6) is 11.5 Å². The van der Waals surface area contributed by atoms with Crippen LogP contribution in [0.3, 0.4) is 0 Å². The van der Waals surface area contributed by atoms with Crippen LogP contribution in [0.1, 0.15) is 25.3 Å². The Balaban J connectivity index is 1.40. The summed E-state index contributed by atoms with van der Waals surface area (Å²) in [7, 11) is 3.11. The van der Waals surface area contributed by atoms with E-state index >= 15 is 0 Å². The van der Waals surface area contributed by atoms with Crippen molar-refractivity contribution < 1.29 is 19.1 Å². The first-order valence-corrected chi connectivity index (χ1v) is 11.9. The number of nitrogens with one attached hydrogen (secondary N) is 2. The molecule has 0 aliphatic carbocycles. The van der Waals surface area contributed by atoms with Gasteiger partial charge in [0.15, 0.2) is 11.5 Å². The number of methoxy groups -OCH3 is 2. The number of nitrogens with zero attached hydrogens (tertiary/aromatic N) is 5. The van der Waals surface area contributed by atoms with Crippen LogP contribution in [0.15, 0.2) is 48.5 Å². The number of ether oxygens (including phenoxy) is 2. The van der Waals surface area contributed by atoms with Gasteiger partial charge in [0.05, 0.1) is 19.9 Å². The highest BCUT2D eigenvalue weighted by Gasteiger charge is 2.28. The third-order valence-corrected chi connectivity index (χ3v) is 6.18. The molecule has 2 amide bonds. The summed E-state index contributed by atoms with van der Waals surface area (Å²) in [6.07, 6.45) is 1.72. The van der Waals surface area contributed by atoms with Crippen molar-refractivity contribution in [3.63, 3.8) is 0 Å². The molecule has 0 spiro atoms. The molecule has 4 rings (SSSR count). The smallest absolute Gasteiger partial charge is 0.250 e. The highest BCUT2D eigenvalue weighted by Crippen LogP contribution is 2.31. The predicted octanol–water partition coefficient (Wildman–Crippen LogP) is 1.51. The molecule has 1 aliphatic rings. The van der Waals surface area contributed by atoms with Crippen LogP contribution in [0.4, 0.5) is 5.95 Å². The summed E-state index contributed by atoms with van der Waals surface area (Å²) in [4.78, 5) is 27.2. The first-order chi connectivity index (χ1) is 17.5. The molecule has 2 N–H and O–H groups in total. The van der Waals surface area contributed by atoms with Crippen LogP contribution in [0.2, 0.25) is 0 Å². The van der Waals surface area contributed by atoms with E-state index in [0.717, 1.165) is 24.1 Å². The number of rotatable bonds is 9. The van der Waals surface area contributed by atoms with Gasteiger partial charge in [-0.3, -0.25) is 9.59 Å². The summed E-state index contributed by atoms with van der Waals surface area (Å²) in [5.41, 5.74) is 1.66. The van der Waals surface area contributed by atoms with Crippen molar-refractivity contribution in [1.82, 2.24) is 30.8 Å². The van der Waals surface area contributed by atoms with Gasteiger partial charge >= 0.3 is 0 Å². The molecule has 2 heterocycles. The maximum Gasteiger partial charge on any atom is 0.250 e. The Morgan fingerprint density at radius 3 is 2.47 bits per heavy atom. The molecule has 0 bridgehead atoms. The van der Waals surface area contributed by atoms with E-state index in [2.05, 4.69) is 31.1 Å². The zero-order valence-corrected chi connectivity index (χ0v) is 20.7. The molecule has 0 saturated carbocycles. The van der Waals surface area contributed by atoms with Crippen LogP contribution in [-0.2, 0) is 16.0 Å². The van der Waals surface area contributed by atoms with Gasteiger partial charge in [0.1, 0.15) is 6.04 Å². The van der Waals surface area contributed by atoms with E-state index in [4.69, 9.17) is 9.47 Å². The molecule has 3 aromatic rings. The average Bonchev–Trinajstić information content (AvgIpc) is 3.39. The van der Waals surface area contributed by atoms with Gasteiger partial charge in [0.25, 0.3) is 0 Å². The van der Waals surface area contributed by atoms with E-state index in [-0.39, 0.29) is 24.3 Å². The molecular weight excluding hydrogens is 462 g/mol. The van der Waals surface area contributed by atoms with Gasteiger partial charge in [-0.1, -0.05) is 35.4 Å². The van der Waals surface area contributed by atoms with Crippen molar-refractivity contribution >= 4 is 17.8 Å². The third kappa shape index (κ3) is 5.73. The summed E-state index contributed by atoms with van der Waals surface area (Å²) >= 11 is 0. The quantitative estimate of drug-likeness (QED) is 0.460. The summed E-state index contributed by atoms with van der Waals surface area (Å²) in [5, 5.41) is 18.1. The summed E-state index contributed by atoms with van der Waals surface area (Å²) < 4.78 is 12.6. The van der Waals surface area contributed by atoms with E-state index < -0.39 is 6.04 Å². The van der Waals surface area contributed by atoms with Crippen molar-refractivity contribution in [2.45, 2.75) is 38.3 Å². The Labute approximate surface area is 209 Å². The zero-order valence-electron chi connectivity index (χ0n) is 20.7. The minimum absolute atomic E-state index is 0.0294. The lowest BCUT2D eigenvalue weighted by Gasteiger charge is -2.33. The summed E-state index contributed by atoms with van der Waals surface area (Å²) in [6.45, 7) is 2.78. The van der Waals surface area contributed by atoms with E-state index in [0.29, 0.717) is 30.5 Å². The molecule has 1 atom stereocenters. The number of piperidine rings is 1. The molecule has 0 radical (unpaired) electrons. The van der Waals surface area contributed by atoms with Crippen molar-refractivity contribution in [2.24, 2.45) is 0 Å². The first-order valence-electron chi connectivity index (χ1n) is 11.9. The molecule has 190 valence electrons. The van der Waals surface area contributed by atoms with Crippen LogP contribution in [0.25, 0.3) is 5.69 Å². The van der Waals surface area contributed by atoms with Gasteiger partial charge in [-0.2, -0.15) is 4.68 Å². The van der Waals surface area contributed by atoms with Gasteiger partial charge < -0.3 is 25.0 Å². The molecule has 36 heavy (non-hydrogen) atoms. The summed E-state index contributed by atoms with van der Waals surface area (Å²) in [5.74, 6) is 1.28. The monoisotopic (exact) mass is 493 g/mol. The van der Waals surface area contributed by atoms with Crippen molar-refractivity contribution in [2.75, 3.05) is 32.2 Å². The van der Waals surface area contributed by atoms with Crippen molar-refractivity contribution in [1.29, 1.82) is 0 Å². The van der Waals surface area contributed by atoms with Gasteiger partial charge in [-0.15, -0.1) is 0 Å². The molecule has 0 unspecified atom stereocenters. The van der Waals surface area contributed by atoms with E-state index in [1.54, 1.807) is 25.0 Å². The third-order valence-electron chi connectivity index (χ3n) is 6.18. The fourth-order valence-corrected chi connectivity index (χ4v) is 4.43. The fourth-order valence-electron chi connectivity index (χ4n) is 4.43. The maximum absolute atomic E-state index is 13.2. The minimum Gasteiger partial charge on any atom is -0.493 e. The number of aromatic nitrogens is 4. The molecule has 1 saturated heterocycles. The maximum atomic E-state index is 13.2. The Morgan fingerprint density at radius 1 is 1.06 bits per heavy atom. The lowest BCUT2D eigenvalue weighted by Crippen LogP contribution is -2.52. The molecule has 1 fully saturated rings. The first kappa shape index (κ1) is 25.0. The second kappa shape index (κ2) is 11.5. The lowest BCUT2D eigenvalue weighted by molar-refractivity contribution is -0.128. The molecule has 11 nitrogen and oxygen atoms in total. The normalized spacial score (nSPS) is 14.7. The Bertz CT molecular complexity index is 1180. The average molecular weight is 494 g/mol. The highest BCUT2D eigenvalue weighted by molar-refractivity contribution is 5.87. The fraction of sp³-hybridized carbons (Fsp3) is 0.400. The topological polar surface area (TPSA) is 123 Å². The highest BCUT2D eigenvalue weighted by atomic mass is 16.5. The molecule has 11 heteroatoms. The van der Waals surface area contributed by atoms with Gasteiger partial charge in [0.2, 0.25) is 17.8 Å². The lowest BCUT2D eigenvalue weighted by atomic mass is 10.0. The second-order valence-corrected chi connectivity index (χ2v) is 8.61. The predicted molar refractivity (Wildman–Crippen MR) is 133 cm³/mol. The number of hydrogen-bond donors (Lipinski definition) is 2.